The van der Waals surface area contributed by atoms with Gasteiger partial charge in [-0.15, -0.1) is 0 Å². The van der Waals surface area contributed by atoms with Gasteiger partial charge in [0.2, 0.25) is 0 Å². The first kappa shape index (κ1) is 18.6. The molecule has 1 aliphatic rings. The summed E-state index contributed by atoms with van der Waals surface area (Å²) in [5, 5.41) is 0. The van der Waals surface area contributed by atoms with Gasteiger partial charge in [-0.3, -0.25) is 4.79 Å². The number of benzene rings is 2. The van der Waals surface area contributed by atoms with E-state index in [-0.39, 0.29) is 28.9 Å². The highest BCUT2D eigenvalue weighted by Gasteiger charge is 2.39. The summed E-state index contributed by atoms with van der Waals surface area (Å²) in [6.07, 6.45) is 1.59. The van der Waals surface area contributed by atoms with Crippen molar-refractivity contribution in [3.05, 3.63) is 88.4 Å². The zero-order chi connectivity index (χ0) is 19.6. The minimum absolute atomic E-state index is 0.231. The molecule has 0 N–H and O–H groups in total. The molecule has 0 radical (unpaired) electrons. The Morgan fingerprint density at radius 3 is 2.33 bits per heavy atom. The number of carbonyl (C=O) groups excluding carboxylic acids is 2. The molecule has 27 heavy (non-hydrogen) atoms. The first-order valence-electron chi connectivity index (χ1n) is 8.59. The molecule has 138 valence electrons. The second-order valence-corrected chi connectivity index (χ2v) is 6.32. The Labute approximate surface area is 157 Å². The minimum atomic E-state index is -0.572. The van der Waals surface area contributed by atoms with Crippen LogP contribution in [0.2, 0.25) is 0 Å². The number of ether oxygens (including phenoxy) is 1. The second-order valence-electron chi connectivity index (χ2n) is 6.32. The standard InChI is InChI=1S/C22H20FNO3/c1-14(17-7-5-4-6-8-17)24-15(2)20(22(26)27-3)19(21(24)25)13-16-9-11-18(23)12-10-16/h4-14H,1-3H3/b19-13-/t14-/m1/s1. The zero-order valence-corrected chi connectivity index (χ0v) is 15.4. The van der Waals surface area contributed by atoms with Crippen molar-refractivity contribution < 1.29 is 18.7 Å². The average molecular weight is 365 g/mol. The number of rotatable bonds is 4. The predicted molar refractivity (Wildman–Crippen MR) is 101 cm³/mol. The molecule has 4 nitrogen and oxygen atoms in total. The van der Waals surface area contributed by atoms with E-state index in [9.17, 15) is 14.0 Å². The highest BCUT2D eigenvalue weighted by molar-refractivity contribution is 6.16. The maximum Gasteiger partial charge on any atom is 0.340 e. The number of nitrogens with zero attached hydrogens (tertiary/aromatic N) is 1. The first-order valence-corrected chi connectivity index (χ1v) is 8.59. The van der Waals surface area contributed by atoms with Gasteiger partial charge in [-0.05, 0) is 43.2 Å². The molecule has 0 bridgehead atoms. The van der Waals surface area contributed by atoms with Crippen molar-refractivity contribution in [2.45, 2.75) is 19.9 Å². The van der Waals surface area contributed by atoms with E-state index in [1.165, 1.54) is 19.2 Å². The van der Waals surface area contributed by atoms with E-state index < -0.39 is 5.97 Å². The molecule has 0 aliphatic carbocycles. The van der Waals surface area contributed by atoms with Crippen LogP contribution < -0.4 is 0 Å². The number of carbonyl (C=O) groups is 2. The molecule has 1 aliphatic heterocycles. The van der Waals surface area contributed by atoms with Crippen LogP contribution in [0.4, 0.5) is 4.39 Å². The van der Waals surface area contributed by atoms with Gasteiger partial charge in [0, 0.05) is 5.70 Å². The number of hydrogen-bond acceptors (Lipinski definition) is 3. The smallest absolute Gasteiger partial charge is 0.340 e. The highest BCUT2D eigenvalue weighted by Crippen LogP contribution is 2.37. The maximum absolute atomic E-state index is 13.2. The zero-order valence-electron chi connectivity index (χ0n) is 15.4. The van der Waals surface area contributed by atoms with Gasteiger partial charge in [0.05, 0.1) is 24.3 Å². The lowest BCUT2D eigenvalue weighted by molar-refractivity contribution is -0.136. The van der Waals surface area contributed by atoms with E-state index in [4.69, 9.17) is 4.74 Å². The molecular weight excluding hydrogens is 345 g/mol. The topological polar surface area (TPSA) is 46.6 Å². The summed E-state index contributed by atoms with van der Waals surface area (Å²) in [6.45, 7) is 3.64. The summed E-state index contributed by atoms with van der Waals surface area (Å²) in [4.78, 5) is 27.1. The van der Waals surface area contributed by atoms with E-state index in [0.29, 0.717) is 11.3 Å². The number of allylic oxidation sites excluding steroid dienone is 1. The summed E-state index contributed by atoms with van der Waals surface area (Å²) in [5.41, 5.74) is 2.60. The fourth-order valence-electron chi connectivity index (χ4n) is 3.27. The van der Waals surface area contributed by atoms with Crippen LogP contribution in [0, 0.1) is 5.82 Å². The van der Waals surface area contributed by atoms with Crippen molar-refractivity contribution >= 4 is 18.0 Å². The van der Waals surface area contributed by atoms with Gasteiger partial charge < -0.3 is 9.64 Å². The largest absolute Gasteiger partial charge is 0.465 e. The molecule has 2 aromatic rings. The summed E-state index contributed by atoms with van der Waals surface area (Å²) in [7, 11) is 1.28. The molecule has 1 heterocycles. The van der Waals surface area contributed by atoms with E-state index in [1.807, 2.05) is 37.3 Å². The van der Waals surface area contributed by atoms with Gasteiger partial charge in [-0.2, -0.15) is 0 Å². The molecule has 0 fully saturated rings. The fraction of sp³-hybridized carbons (Fsp3) is 0.182. The monoisotopic (exact) mass is 365 g/mol. The van der Waals surface area contributed by atoms with Crippen molar-refractivity contribution in [1.82, 2.24) is 4.90 Å². The van der Waals surface area contributed by atoms with Gasteiger partial charge in [0.1, 0.15) is 5.82 Å². The fourth-order valence-corrected chi connectivity index (χ4v) is 3.27. The number of methoxy groups -OCH3 is 1. The molecule has 0 spiro atoms. The third-order valence-corrected chi connectivity index (χ3v) is 4.68. The Kier molecular flexibility index (Phi) is 5.21. The molecule has 1 atom stereocenters. The normalized spacial score (nSPS) is 16.8. The molecular formula is C22H20FNO3. The molecule has 0 aromatic heterocycles. The van der Waals surface area contributed by atoms with E-state index in [0.717, 1.165) is 5.56 Å². The van der Waals surface area contributed by atoms with Crippen molar-refractivity contribution in [2.75, 3.05) is 7.11 Å². The lowest BCUT2D eigenvalue weighted by Gasteiger charge is -2.26. The average Bonchev–Trinajstić information content (AvgIpc) is 2.93. The summed E-state index contributed by atoms with van der Waals surface area (Å²) in [5.74, 6) is -1.22. The van der Waals surface area contributed by atoms with E-state index in [2.05, 4.69) is 0 Å². The second kappa shape index (κ2) is 7.58. The molecule has 0 unspecified atom stereocenters. The summed E-state index contributed by atoms with van der Waals surface area (Å²) >= 11 is 0. The van der Waals surface area contributed by atoms with Crippen LogP contribution in [-0.2, 0) is 14.3 Å². The minimum Gasteiger partial charge on any atom is -0.465 e. The summed E-state index contributed by atoms with van der Waals surface area (Å²) < 4.78 is 18.1. The molecule has 0 saturated carbocycles. The van der Waals surface area contributed by atoms with Crippen molar-refractivity contribution in [2.24, 2.45) is 0 Å². The Morgan fingerprint density at radius 2 is 1.74 bits per heavy atom. The van der Waals surface area contributed by atoms with Gasteiger partial charge >= 0.3 is 5.97 Å². The molecule has 0 saturated heterocycles. The lowest BCUT2D eigenvalue weighted by atomic mass is 10.0. The van der Waals surface area contributed by atoms with Crippen molar-refractivity contribution in [3.8, 4) is 0 Å². The van der Waals surface area contributed by atoms with Gasteiger partial charge in [-0.25, -0.2) is 9.18 Å². The third-order valence-electron chi connectivity index (χ3n) is 4.68. The van der Waals surface area contributed by atoms with Crippen LogP contribution in [-0.4, -0.2) is 23.9 Å². The quantitative estimate of drug-likeness (QED) is 0.601. The van der Waals surface area contributed by atoms with Crippen LogP contribution in [0.15, 0.2) is 71.4 Å². The highest BCUT2D eigenvalue weighted by atomic mass is 19.1. The van der Waals surface area contributed by atoms with E-state index >= 15 is 0 Å². The first-order chi connectivity index (χ1) is 12.9. The summed E-state index contributed by atoms with van der Waals surface area (Å²) in [6, 6.07) is 15.1. The molecule has 3 rings (SSSR count). The van der Waals surface area contributed by atoms with Crippen LogP contribution in [0.25, 0.3) is 6.08 Å². The number of halogens is 1. The van der Waals surface area contributed by atoms with Crippen LogP contribution in [0.1, 0.15) is 31.0 Å². The van der Waals surface area contributed by atoms with Crippen LogP contribution >= 0.6 is 0 Å². The predicted octanol–water partition coefficient (Wildman–Crippen LogP) is 4.26. The van der Waals surface area contributed by atoms with Crippen LogP contribution in [0.3, 0.4) is 0 Å². The molecule has 1 amide bonds. The number of hydrogen-bond donors (Lipinski definition) is 0. The van der Waals surface area contributed by atoms with E-state index in [1.54, 1.807) is 30.0 Å². The Balaban J connectivity index is 2.08. The van der Waals surface area contributed by atoms with Gasteiger partial charge in [0.25, 0.3) is 5.91 Å². The maximum atomic E-state index is 13.2. The Morgan fingerprint density at radius 1 is 1.11 bits per heavy atom. The van der Waals surface area contributed by atoms with Crippen molar-refractivity contribution in [3.63, 3.8) is 0 Å². The Hall–Kier alpha value is -3.21. The van der Waals surface area contributed by atoms with Crippen molar-refractivity contribution in [1.29, 1.82) is 0 Å². The van der Waals surface area contributed by atoms with Gasteiger partial charge in [0.15, 0.2) is 0 Å². The van der Waals surface area contributed by atoms with Gasteiger partial charge in [-0.1, -0.05) is 42.5 Å². The number of amides is 1. The third kappa shape index (κ3) is 3.53. The number of esters is 1. The van der Waals surface area contributed by atoms with Crippen LogP contribution in [0.5, 0.6) is 0 Å². The lowest BCUT2D eigenvalue weighted by Crippen LogP contribution is -2.28. The molecule has 5 heteroatoms. The molecule has 2 aromatic carbocycles. The SMILES string of the molecule is COC(=O)C1=C(C)N([C@H](C)c2ccccc2)C(=O)/C1=C\c1ccc(F)cc1. The Bertz CT molecular complexity index is 930.